The summed E-state index contributed by atoms with van der Waals surface area (Å²) in [5.74, 6) is 0.747. The standard InChI is InChI=1S/C19H38O2S/c1-2-3-4-5-6-7-8-9-10-11-12-13-14-16-19(20)21-17-15-18-22/h22H,2-18H2,1H3. The van der Waals surface area contributed by atoms with Gasteiger partial charge in [-0.3, -0.25) is 4.79 Å². The van der Waals surface area contributed by atoms with Gasteiger partial charge in [-0.15, -0.1) is 0 Å². The molecule has 0 saturated carbocycles. The summed E-state index contributed by atoms with van der Waals surface area (Å²) in [7, 11) is 0. The number of hydrogen-bond acceptors (Lipinski definition) is 3. The average Bonchev–Trinajstić information content (AvgIpc) is 2.52. The highest BCUT2D eigenvalue weighted by molar-refractivity contribution is 7.80. The number of rotatable bonds is 17. The van der Waals surface area contributed by atoms with Crippen molar-refractivity contribution >= 4 is 18.6 Å². The molecule has 0 atom stereocenters. The monoisotopic (exact) mass is 330 g/mol. The van der Waals surface area contributed by atoms with E-state index < -0.39 is 0 Å². The normalized spacial score (nSPS) is 10.8. The summed E-state index contributed by atoms with van der Waals surface area (Å²) in [6.45, 7) is 2.80. The molecule has 0 saturated heterocycles. The summed E-state index contributed by atoms with van der Waals surface area (Å²) >= 11 is 4.09. The maximum absolute atomic E-state index is 11.4. The Morgan fingerprint density at radius 1 is 0.727 bits per heavy atom. The molecule has 0 aliphatic rings. The second kappa shape index (κ2) is 18.9. The van der Waals surface area contributed by atoms with Crippen molar-refractivity contribution in [1.82, 2.24) is 0 Å². The van der Waals surface area contributed by atoms with E-state index in [-0.39, 0.29) is 5.97 Å². The highest BCUT2D eigenvalue weighted by atomic mass is 32.1. The first-order chi connectivity index (χ1) is 10.8. The lowest BCUT2D eigenvalue weighted by atomic mass is 10.0. The maximum Gasteiger partial charge on any atom is 0.305 e. The Morgan fingerprint density at radius 2 is 1.18 bits per heavy atom. The number of esters is 1. The lowest BCUT2D eigenvalue weighted by Gasteiger charge is -2.04. The van der Waals surface area contributed by atoms with Crippen LogP contribution in [0, 0.1) is 0 Å². The molecule has 0 bridgehead atoms. The minimum Gasteiger partial charge on any atom is -0.466 e. The Hall–Kier alpha value is -0.180. The number of unbranched alkanes of at least 4 members (excludes halogenated alkanes) is 12. The second-order valence-electron chi connectivity index (χ2n) is 6.29. The van der Waals surface area contributed by atoms with Gasteiger partial charge in [-0.25, -0.2) is 0 Å². The smallest absolute Gasteiger partial charge is 0.305 e. The van der Waals surface area contributed by atoms with E-state index in [0.29, 0.717) is 13.0 Å². The number of ether oxygens (including phenoxy) is 1. The molecule has 132 valence electrons. The molecule has 0 spiro atoms. The highest BCUT2D eigenvalue weighted by Crippen LogP contribution is 2.13. The van der Waals surface area contributed by atoms with Crippen molar-refractivity contribution in [2.24, 2.45) is 0 Å². The SMILES string of the molecule is CCCCCCCCCCCCCCCC(=O)OCCCS. The zero-order valence-electron chi connectivity index (χ0n) is 14.8. The van der Waals surface area contributed by atoms with Crippen molar-refractivity contribution in [2.45, 2.75) is 103 Å². The fourth-order valence-corrected chi connectivity index (χ4v) is 2.74. The van der Waals surface area contributed by atoms with Crippen molar-refractivity contribution in [2.75, 3.05) is 12.4 Å². The van der Waals surface area contributed by atoms with E-state index in [0.717, 1.165) is 18.6 Å². The Labute approximate surface area is 144 Å². The van der Waals surface area contributed by atoms with Crippen LogP contribution in [-0.4, -0.2) is 18.3 Å². The van der Waals surface area contributed by atoms with Crippen LogP contribution in [-0.2, 0) is 9.53 Å². The van der Waals surface area contributed by atoms with E-state index >= 15 is 0 Å². The predicted molar refractivity (Wildman–Crippen MR) is 99.7 cm³/mol. The van der Waals surface area contributed by atoms with Crippen molar-refractivity contribution in [3.8, 4) is 0 Å². The predicted octanol–water partition coefficient (Wildman–Crippen LogP) is 6.33. The lowest BCUT2D eigenvalue weighted by Crippen LogP contribution is -2.05. The summed E-state index contributed by atoms with van der Waals surface area (Å²) in [5.41, 5.74) is 0. The van der Waals surface area contributed by atoms with E-state index in [1.807, 2.05) is 0 Å². The molecule has 0 aromatic heterocycles. The molecule has 2 nitrogen and oxygen atoms in total. The van der Waals surface area contributed by atoms with Crippen LogP contribution in [0.4, 0.5) is 0 Å². The van der Waals surface area contributed by atoms with Gasteiger partial charge < -0.3 is 4.74 Å². The van der Waals surface area contributed by atoms with Gasteiger partial charge in [0.2, 0.25) is 0 Å². The van der Waals surface area contributed by atoms with Gasteiger partial charge in [0.05, 0.1) is 6.61 Å². The largest absolute Gasteiger partial charge is 0.466 e. The van der Waals surface area contributed by atoms with Gasteiger partial charge in [-0.2, -0.15) is 12.6 Å². The molecule has 0 radical (unpaired) electrons. The molecule has 0 unspecified atom stereocenters. The molecular formula is C19H38O2S. The van der Waals surface area contributed by atoms with Crippen LogP contribution in [0.2, 0.25) is 0 Å². The summed E-state index contributed by atoms with van der Waals surface area (Å²) < 4.78 is 5.10. The Kier molecular flexibility index (Phi) is 18.7. The topological polar surface area (TPSA) is 26.3 Å². The van der Waals surface area contributed by atoms with E-state index in [2.05, 4.69) is 19.6 Å². The average molecular weight is 331 g/mol. The minimum absolute atomic E-state index is 0.0372. The molecule has 22 heavy (non-hydrogen) atoms. The quantitative estimate of drug-likeness (QED) is 0.191. The third-order valence-corrected chi connectivity index (χ3v) is 4.37. The first-order valence-corrected chi connectivity index (χ1v) is 10.2. The molecule has 0 aliphatic carbocycles. The van der Waals surface area contributed by atoms with Crippen LogP contribution < -0.4 is 0 Å². The van der Waals surface area contributed by atoms with Crippen LogP contribution in [0.3, 0.4) is 0 Å². The third kappa shape index (κ3) is 17.9. The molecule has 0 fully saturated rings. The minimum atomic E-state index is -0.0372. The van der Waals surface area contributed by atoms with Gasteiger partial charge in [0, 0.05) is 6.42 Å². The summed E-state index contributed by atoms with van der Waals surface area (Å²) in [6, 6.07) is 0. The van der Waals surface area contributed by atoms with Gasteiger partial charge >= 0.3 is 5.97 Å². The van der Waals surface area contributed by atoms with Crippen LogP contribution in [0.1, 0.15) is 103 Å². The molecule has 0 aliphatic heterocycles. The fraction of sp³-hybridized carbons (Fsp3) is 0.947. The van der Waals surface area contributed by atoms with Crippen molar-refractivity contribution in [3.05, 3.63) is 0 Å². The van der Waals surface area contributed by atoms with Crippen molar-refractivity contribution in [3.63, 3.8) is 0 Å². The van der Waals surface area contributed by atoms with Crippen molar-refractivity contribution in [1.29, 1.82) is 0 Å². The number of carbonyl (C=O) groups excluding carboxylic acids is 1. The van der Waals surface area contributed by atoms with Crippen LogP contribution in [0.15, 0.2) is 0 Å². The Morgan fingerprint density at radius 3 is 1.64 bits per heavy atom. The zero-order chi connectivity index (χ0) is 16.3. The fourth-order valence-electron chi connectivity index (χ4n) is 2.61. The molecule has 0 aromatic carbocycles. The molecule has 0 N–H and O–H groups in total. The van der Waals surface area contributed by atoms with E-state index in [4.69, 9.17) is 4.74 Å². The first-order valence-electron chi connectivity index (χ1n) is 9.57. The summed E-state index contributed by atoms with van der Waals surface area (Å²) in [4.78, 5) is 11.4. The highest BCUT2D eigenvalue weighted by Gasteiger charge is 2.01. The molecular weight excluding hydrogens is 292 g/mol. The molecule has 0 aromatic rings. The number of thiol groups is 1. The number of hydrogen-bond donors (Lipinski definition) is 1. The zero-order valence-corrected chi connectivity index (χ0v) is 15.7. The van der Waals surface area contributed by atoms with Crippen LogP contribution >= 0.6 is 12.6 Å². The van der Waals surface area contributed by atoms with Crippen LogP contribution in [0.5, 0.6) is 0 Å². The lowest BCUT2D eigenvalue weighted by molar-refractivity contribution is -0.143. The van der Waals surface area contributed by atoms with Gasteiger partial charge in [-0.05, 0) is 18.6 Å². The van der Waals surface area contributed by atoms with Gasteiger partial charge in [0.15, 0.2) is 0 Å². The van der Waals surface area contributed by atoms with Gasteiger partial charge in [0.25, 0.3) is 0 Å². The summed E-state index contributed by atoms with van der Waals surface area (Å²) in [5, 5.41) is 0. The molecule has 0 heterocycles. The van der Waals surface area contributed by atoms with Gasteiger partial charge in [0.1, 0.15) is 0 Å². The molecule has 0 amide bonds. The van der Waals surface area contributed by atoms with Crippen molar-refractivity contribution < 1.29 is 9.53 Å². The second-order valence-corrected chi connectivity index (χ2v) is 6.74. The Balaban J connectivity index is 3.06. The number of carbonyl (C=O) groups is 1. The van der Waals surface area contributed by atoms with Gasteiger partial charge in [-0.1, -0.05) is 84.0 Å². The maximum atomic E-state index is 11.4. The van der Waals surface area contributed by atoms with Crippen LogP contribution in [0.25, 0.3) is 0 Å². The van der Waals surface area contributed by atoms with E-state index in [9.17, 15) is 4.79 Å². The third-order valence-electron chi connectivity index (χ3n) is 4.05. The van der Waals surface area contributed by atoms with E-state index in [1.165, 1.54) is 77.0 Å². The summed E-state index contributed by atoms with van der Waals surface area (Å²) in [6.07, 6.45) is 18.8. The molecule has 3 heteroatoms. The molecule has 0 rings (SSSR count). The van der Waals surface area contributed by atoms with E-state index in [1.54, 1.807) is 0 Å². The Bertz CT molecular complexity index is 231. The first kappa shape index (κ1) is 21.8.